The van der Waals surface area contributed by atoms with Crippen LogP contribution in [0.4, 0.5) is 0 Å². The minimum absolute atomic E-state index is 0.00546. The van der Waals surface area contributed by atoms with Crippen LogP contribution in [0.5, 0.6) is 0 Å². The molecule has 0 bridgehead atoms. The summed E-state index contributed by atoms with van der Waals surface area (Å²) in [4.78, 5) is 33.9. The maximum Gasteiger partial charge on any atom is 0.227 e. The lowest BCUT2D eigenvalue weighted by Gasteiger charge is -2.21. The molecule has 0 amide bonds. The summed E-state index contributed by atoms with van der Waals surface area (Å²) >= 11 is 0. The third-order valence-electron chi connectivity index (χ3n) is 5.50. The number of ketones is 2. The molecule has 0 aromatic rings. The molecule has 5 aliphatic rings. The van der Waals surface area contributed by atoms with Gasteiger partial charge in [0, 0.05) is 45.3 Å². The normalized spacial score (nSPS) is 25.8. The van der Waals surface area contributed by atoms with Crippen molar-refractivity contribution in [3.05, 3.63) is 23.2 Å². The van der Waals surface area contributed by atoms with Crippen molar-refractivity contribution in [3.8, 4) is 0 Å². The second-order valence-corrected chi connectivity index (χ2v) is 8.08. The van der Waals surface area contributed by atoms with Crippen LogP contribution < -0.4 is 4.98 Å². The van der Waals surface area contributed by atoms with E-state index in [1.807, 2.05) is 14.7 Å². The lowest BCUT2D eigenvalue weighted by molar-refractivity contribution is -0.117. The fourth-order valence-corrected chi connectivity index (χ4v) is 4.24. The van der Waals surface area contributed by atoms with Crippen LogP contribution in [0.25, 0.3) is 0 Å². The number of rotatable bonds is 4. The Morgan fingerprint density at radius 3 is 1.88 bits per heavy atom. The highest BCUT2D eigenvalue weighted by atomic mass is 28.2. The zero-order valence-electron chi connectivity index (χ0n) is 15.1. The Bertz CT molecular complexity index is 627. The van der Waals surface area contributed by atoms with Gasteiger partial charge in [-0.05, 0) is 18.9 Å². The van der Waals surface area contributed by atoms with Gasteiger partial charge in [-0.3, -0.25) is 9.59 Å². The summed E-state index contributed by atoms with van der Waals surface area (Å²) in [7, 11) is 1.18. The number of hydrogen-bond acceptors (Lipinski definition) is 6. The zero-order valence-corrected chi connectivity index (χ0v) is 17.1. The van der Waals surface area contributed by atoms with Gasteiger partial charge in [-0.25, -0.2) is 0 Å². The van der Waals surface area contributed by atoms with Crippen molar-refractivity contribution >= 4 is 22.0 Å². The van der Waals surface area contributed by atoms with Crippen LogP contribution in [0.15, 0.2) is 23.2 Å². The van der Waals surface area contributed by atoms with Crippen LogP contribution in [0, 0.1) is 0 Å². The van der Waals surface area contributed by atoms with Crippen molar-refractivity contribution in [2.24, 2.45) is 0 Å². The fraction of sp³-hybridized carbons (Fsp3) is 0.667. The fourth-order valence-electron chi connectivity index (χ4n) is 3.67. The Morgan fingerprint density at radius 2 is 1.40 bits per heavy atom. The molecular weight excluding hydrogens is 332 g/mol. The second-order valence-electron chi connectivity index (χ2n) is 7.50. The average Bonchev–Trinajstić information content (AvgIpc) is 3.50. The first kappa shape index (κ1) is 16.8. The quantitative estimate of drug-likeness (QED) is 0.409. The van der Waals surface area contributed by atoms with Gasteiger partial charge in [0.2, 0.25) is 11.6 Å². The van der Waals surface area contributed by atoms with Crippen LogP contribution in [0.2, 0.25) is 0 Å². The molecule has 3 saturated heterocycles. The Kier molecular flexibility index (Phi) is 4.69. The van der Waals surface area contributed by atoms with E-state index in [2.05, 4.69) is 4.98 Å². The summed E-state index contributed by atoms with van der Waals surface area (Å²) in [5, 5.41) is 0. The highest BCUT2D eigenvalue weighted by molar-refractivity contribution is 6.22. The van der Waals surface area contributed by atoms with Crippen molar-refractivity contribution < 1.29 is 9.59 Å². The van der Waals surface area contributed by atoms with E-state index in [0.29, 0.717) is 17.1 Å². The number of allylic oxidation sites excluding steroid dienone is 1. The minimum Gasteiger partial charge on any atom is -0.365 e. The van der Waals surface area contributed by atoms with Gasteiger partial charge in [-0.2, -0.15) is 0 Å². The molecular formula is C18H28N4O2Si. The molecule has 3 aliphatic heterocycles. The molecule has 6 nitrogen and oxygen atoms in total. The van der Waals surface area contributed by atoms with E-state index in [9.17, 15) is 9.59 Å². The van der Waals surface area contributed by atoms with Crippen LogP contribution in [0.1, 0.15) is 32.1 Å². The maximum absolute atomic E-state index is 12.4. The van der Waals surface area contributed by atoms with Gasteiger partial charge in [-0.1, -0.05) is 19.3 Å². The van der Waals surface area contributed by atoms with Gasteiger partial charge in [0.05, 0.1) is 16.1 Å². The van der Waals surface area contributed by atoms with E-state index >= 15 is 0 Å². The summed E-state index contributed by atoms with van der Waals surface area (Å²) in [6, 6.07) is 0.899. The molecule has 5 rings (SSSR count). The molecule has 4 fully saturated rings. The highest BCUT2D eigenvalue weighted by Crippen LogP contribution is 2.33. The Hall–Kier alpha value is -1.60. The van der Waals surface area contributed by atoms with Crippen molar-refractivity contribution in [2.45, 2.75) is 38.1 Å². The first-order valence-corrected chi connectivity index (χ1v) is 10.7. The van der Waals surface area contributed by atoms with Crippen LogP contribution in [0.3, 0.4) is 0 Å². The Morgan fingerprint density at radius 1 is 0.840 bits per heavy atom. The molecule has 0 radical (unpaired) electrons. The standard InChI is InChI=1S/C12H13N3O2.C6H15NSi/c16-9-7-8(13-1-2-13)12(17)11(15-5-6-15)10(9)14-3-4-14;8-7-6-4-2-1-3-5-6/h7H,1-6H2;6-7H,1-5H2,8H3. The number of carbonyl (C=O) groups is 2. The highest BCUT2D eigenvalue weighted by Gasteiger charge is 2.43. The van der Waals surface area contributed by atoms with Gasteiger partial charge in [0.15, 0.2) is 0 Å². The monoisotopic (exact) mass is 360 g/mol. The van der Waals surface area contributed by atoms with E-state index in [0.717, 1.165) is 45.3 Å². The first-order chi connectivity index (χ1) is 12.2. The summed E-state index contributed by atoms with van der Waals surface area (Å²) < 4.78 is 0. The summed E-state index contributed by atoms with van der Waals surface area (Å²) in [6.07, 6.45) is 8.78. The van der Waals surface area contributed by atoms with Gasteiger partial charge < -0.3 is 19.7 Å². The lowest BCUT2D eigenvalue weighted by Crippen LogP contribution is -2.29. The molecule has 1 saturated carbocycles. The van der Waals surface area contributed by atoms with Crippen molar-refractivity contribution in [1.82, 2.24) is 19.7 Å². The third kappa shape index (κ3) is 3.82. The molecule has 0 unspecified atom stereocenters. The molecule has 0 atom stereocenters. The Balaban J connectivity index is 0.000000166. The van der Waals surface area contributed by atoms with E-state index in [1.165, 1.54) is 48.6 Å². The molecule has 3 heterocycles. The van der Waals surface area contributed by atoms with E-state index in [4.69, 9.17) is 0 Å². The predicted molar refractivity (Wildman–Crippen MR) is 99.8 cm³/mol. The third-order valence-corrected chi connectivity index (χ3v) is 6.32. The van der Waals surface area contributed by atoms with Gasteiger partial charge in [0.25, 0.3) is 0 Å². The summed E-state index contributed by atoms with van der Waals surface area (Å²) in [5.41, 5.74) is 1.89. The number of Topliss-reactive ketones (excluding diaryl/α,β-unsaturated/α-hetero) is 1. The van der Waals surface area contributed by atoms with Gasteiger partial charge in [-0.15, -0.1) is 0 Å². The molecule has 25 heavy (non-hydrogen) atoms. The smallest absolute Gasteiger partial charge is 0.227 e. The van der Waals surface area contributed by atoms with Crippen molar-refractivity contribution in [2.75, 3.05) is 39.3 Å². The molecule has 136 valence electrons. The number of nitrogens with zero attached hydrogens (tertiary/aromatic N) is 3. The van der Waals surface area contributed by atoms with E-state index < -0.39 is 0 Å². The Labute approximate surface area is 152 Å². The average molecular weight is 361 g/mol. The second kappa shape index (κ2) is 6.95. The van der Waals surface area contributed by atoms with Crippen LogP contribution in [-0.4, -0.2) is 82.0 Å². The van der Waals surface area contributed by atoms with Crippen LogP contribution in [-0.2, 0) is 9.59 Å². The largest absolute Gasteiger partial charge is 0.365 e. The molecule has 0 aromatic carbocycles. The number of nitrogens with one attached hydrogen (secondary N) is 1. The first-order valence-electron chi connectivity index (χ1n) is 9.66. The minimum atomic E-state index is 0.00546. The molecule has 2 aliphatic carbocycles. The van der Waals surface area contributed by atoms with E-state index in [1.54, 1.807) is 0 Å². The summed E-state index contributed by atoms with van der Waals surface area (Å²) in [6.45, 7) is 5.41. The van der Waals surface area contributed by atoms with E-state index in [-0.39, 0.29) is 11.6 Å². The van der Waals surface area contributed by atoms with Gasteiger partial charge in [0.1, 0.15) is 11.4 Å². The number of carbonyl (C=O) groups excluding carboxylic acids is 2. The molecule has 0 aromatic heterocycles. The SMILES string of the molecule is O=C1C=C(N2CC2)C(=O)C(N2CC2)=C1N1CC1.[SiH3]NC1CCCCC1. The molecule has 0 spiro atoms. The molecule has 1 N–H and O–H groups in total. The van der Waals surface area contributed by atoms with Crippen molar-refractivity contribution in [3.63, 3.8) is 0 Å². The zero-order chi connectivity index (χ0) is 17.4. The molecule has 7 heteroatoms. The van der Waals surface area contributed by atoms with Crippen LogP contribution >= 0.6 is 0 Å². The van der Waals surface area contributed by atoms with Gasteiger partial charge >= 0.3 is 0 Å². The summed E-state index contributed by atoms with van der Waals surface area (Å²) in [5.74, 6) is 0.0485. The van der Waals surface area contributed by atoms with Crippen molar-refractivity contribution in [1.29, 1.82) is 0 Å². The topological polar surface area (TPSA) is 55.2 Å². The lowest BCUT2D eigenvalue weighted by atomic mass is 9.96. The number of hydrogen-bond donors (Lipinski definition) is 1. The maximum atomic E-state index is 12.4. The predicted octanol–water partition coefficient (Wildman–Crippen LogP) is -0.630.